The maximum Gasteiger partial charge on any atom is 0.111 e. The third-order valence-electron chi connectivity index (χ3n) is 4.27. The molecule has 2 rings (SSSR count). The minimum absolute atomic E-state index is 0.393. The summed E-state index contributed by atoms with van der Waals surface area (Å²) in [5.74, 6) is 2.73. The standard InChI is InChI=1S/C15H26N2S/c1-13(2)14-16-9-10-17(14)11-15(12-18)7-5-3-4-6-8-15/h9-10,13,18H,3-8,11-12H2,1-2H3. The lowest BCUT2D eigenvalue weighted by molar-refractivity contribution is 0.237. The van der Waals surface area contributed by atoms with Crippen LogP contribution in [0.5, 0.6) is 0 Å². The Morgan fingerprint density at radius 3 is 2.50 bits per heavy atom. The largest absolute Gasteiger partial charge is 0.334 e. The zero-order valence-corrected chi connectivity index (χ0v) is 12.6. The number of hydrogen-bond donors (Lipinski definition) is 1. The van der Waals surface area contributed by atoms with E-state index in [0.29, 0.717) is 11.3 Å². The van der Waals surface area contributed by atoms with Crippen LogP contribution < -0.4 is 0 Å². The van der Waals surface area contributed by atoms with Gasteiger partial charge in [-0.3, -0.25) is 0 Å². The van der Waals surface area contributed by atoms with Gasteiger partial charge in [-0.2, -0.15) is 12.6 Å². The molecule has 102 valence electrons. The summed E-state index contributed by atoms with van der Waals surface area (Å²) >= 11 is 4.66. The topological polar surface area (TPSA) is 17.8 Å². The minimum atomic E-state index is 0.393. The number of thiol groups is 1. The number of hydrogen-bond acceptors (Lipinski definition) is 2. The fourth-order valence-electron chi connectivity index (χ4n) is 3.16. The predicted molar refractivity (Wildman–Crippen MR) is 80.3 cm³/mol. The van der Waals surface area contributed by atoms with Gasteiger partial charge in [0.15, 0.2) is 0 Å². The first-order valence-corrected chi connectivity index (χ1v) is 7.92. The molecule has 0 N–H and O–H groups in total. The van der Waals surface area contributed by atoms with Crippen molar-refractivity contribution in [3.8, 4) is 0 Å². The third kappa shape index (κ3) is 3.11. The summed E-state index contributed by atoms with van der Waals surface area (Å²) in [5.41, 5.74) is 0.393. The van der Waals surface area contributed by atoms with Crippen LogP contribution in [-0.2, 0) is 6.54 Å². The van der Waals surface area contributed by atoms with Crippen molar-refractivity contribution in [2.24, 2.45) is 5.41 Å². The lowest BCUT2D eigenvalue weighted by Crippen LogP contribution is -2.29. The first-order valence-electron chi connectivity index (χ1n) is 7.29. The molecule has 3 heteroatoms. The average Bonchev–Trinajstić information content (AvgIpc) is 2.68. The second-order valence-corrected chi connectivity index (χ2v) is 6.46. The van der Waals surface area contributed by atoms with E-state index in [1.807, 2.05) is 6.20 Å². The van der Waals surface area contributed by atoms with Gasteiger partial charge in [-0.05, 0) is 24.0 Å². The van der Waals surface area contributed by atoms with Gasteiger partial charge in [0.25, 0.3) is 0 Å². The quantitative estimate of drug-likeness (QED) is 0.636. The molecule has 0 spiro atoms. The highest BCUT2D eigenvalue weighted by molar-refractivity contribution is 7.80. The smallest absolute Gasteiger partial charge is 0.111 e. The van der Waals surface area contributed by atoms with Crippen LogP contribution in [0.3, 0.4) is 0 Å². The number of imidazole rings is 1. The van der Waals surface area contributed by atoms with Crippen molar-refractivity contribution >= 4 is 12.6 Å². The molecule has 2 nitrogen and oxygen atoms in total. The van der Waals surface area contributed by atoms with Crippen molar-refractivity contribution in [3.05, 3.63) is 18.2 Å². The van der Waals surface area contributed by atoms with Gasteiger partial charge in [0.2, 0.25) is 0 Å². The Morgan fingerprint density at radius 1 is 1.28 bits per heavy atom. The predicted octanol–water partition coefficient (Wildman–Crippen LogP) is 4.28. The molecule has 1 aliphatic rings. The molecule has 0 radical (unpaired) electrons. The molecule has 1 aliphatic carbocycles. The van der Waals surface area contributed by atoms with Crippen molar-refractivity contribution in [2.75, 3.05) is 5.75 Å². The summed E-state index contributed by atoms with van der Waals surface area (Å²) in [6, 6.07) is 0. The van der Waals surface area contributed by atoms with Crippen molar-refractivity contribution in [1.29, 1.82) is 0 Å². The Morgan fingerprint density at radius 2 is 1.94 bits per heavy atom. The van der Waals surface area contributed by atoms with E-state index in [0.717, 1.165) is 12.3 Å². The van der Waals surface area contributed by atoms with Gasteiger partial charge in [0.05, 0.1) is 0 Å². The molecular formula is C15H26N2S. The minimum Gasteiger partial charge on any atom is -0.334 e. The molecule has 0 aromatic carbocycles. The van der Waals surface area contributed by atoms with Gasteiger partial charge < -0.3 is 4.57 Å². The van der Waals surface area contributed by atoms with Crippen molar-refractivity contribution < 1.29 is 0 Å². The van der Waals surface area contributed by atoms with E-state index in [1.165, 1.54) is 44.3 Å². The van der Waals surface area contributed by atoms with Crippen LogP contribution in [0.2, 0.25) is 0 Å². The van der Waals surface area contributed by atoms with E-state index in [4.69, 9.17) is 0 Å². The lowest BCUT2D eigenvalue weighted by atomic mass is 9.82. The molecule has 1 fully saturated rings. The summed E-state index contributed by atoms with van der Waals surface area (Å²) < 4.78 is 2.37. The lowest BCUT2D eigenvalue weighted by Gasteiger charge is -2.32. The van der Waals surface area contributed by atoms with Crippen molar-refractivity contribution in [3.63, 3.8) is 0 Å². The van der Waals surface area contributed by atoms with Crippen LogP contribution in [0, 0.1) is 5.41 Å². The molecule has 1 saturated carbocycles. The second-order valence-electron chi connectivity index (χ2n) is 6.14. The highest BCUT2D eigenvalue weighted by Crippen LogP contribution is 2.38. The molecule has 0 unspecified atom stereocenters. The SMILES string of the molecule is CC(C)c1nccn1CC1(CS)CCCCCC1. The van der Waals surface area contributed by atoms with Gasteiger partial charge in [-0.15, -0.1) is 0 Å². The van der Waals surface area contributed by atoms with Crippen LogP contribution >= 0.6 is 12.6 Å². The monoisotopic (exact) mass is 266 g/mol. The second kappa shape index (κ2) is 6.14. The molecule has 18 heavy (non-hydrogen) atoms. The fourth-order valence-corrected chi connectivity index (χ4v) is 3.58. The Kier molecular flexibility index (Phi) is 4.77. The normalized spacial score (nSPS) is 20.0. The van der Waals surface area contributed by atoms with Crippen LogP contribution in [0.15, 0.2) is 12.4 Å². The maximum atomic E-state index is 4.66. The average molecular weight is 266 g/mol. The summed E-state index contributed by atoms with van der Waals surface area (Å²) in [6.45, 7) is 5.54. The Hall–Kier alpha value is -0.440. The summed E-state index contributed by atoms with van der Waals surface area (Å²) in [5, 5.41) is 0. The zero-order chi connectivity index (χ0) is 13.0. The number of rotatable bonds is 4. The summed E-state index contributed by atoms with van der Waals surface area (Å²) in [7, 11) is 0. The summed E-state index contributed by atoms with van der Waals surface area (Å²) in [6.07, 6.45) is 12.3. The first-order chi connectivity index (χ1) is 8.67. The maximum absolute atomic E-state index is 4.66. The van der Waals surface area contributed by atoms with Crippen molar-refractivity contribution in [2.45, 2.75) is 64.8 Å². The third-order valence-corrected chi connectivity index (χ3v) is 4.94. The summed E-state index contributed by atoms with van der Waals surface area (Å²) in [4.78, 5) is 4.51. The van der Waals surface area contributed by atoms with Gasteiger partial charge >= 0.3 is 0 Å². The Labute approximate surface area is 117 Å². The van der Waals surface area contributed by atoms with Gasteiger partial charge in [-0.1, -0.05) is 39.5 Å². The first kappa shape index (κ1) is 14.0. The van der Waals surface area contributed by atoms with Crippen molar-refractivity contribution in [1.82, 2.24) is 9.55 Å². The van der Waals surface area contributed by atoms with Crippen LogP contribution in [0.1, 0.15) is 64.1 Å². The molecule has 0 atom stereocenters. The molecule has 0 aliphatic heterocycles. The van der Waals surface area contributed by atoms with Crippen LogP contribution in [0.25, 0.3) is 0 Å². The highest BCUT2D eigenvalue weighted by atomic mass is 32.1. The Bertz CT molecular complexity index is 362. The van der Waals surface area contributed by atoms with Crippen LogP contribution in [0.4, 0.5) is 0 Å². The van der Waals surface area contributed by atoms with Crippen LogP contribution in [-0.4, -0.2) is 15.3 Å². The van der Waals surface area contributed by atoms with Gasteiger partial charge in [-0.25, -0.2) is 4.98 Å². The molecule has 0 saturated heterocycles. The molecule has 0 bridgehead atoms. The van der Waals surface area contributed by atoms with E-state index in [1.54, 1.807) is 0 Å². The van der Waals surface area contributed by atoms with Gasteiger partial charge in [0, 0.05) is 24.9 Å². The fraction of sp³-hybridized carbons (Fsp3) is 0.800. The van der Waals surface area contributed by atoms with E-state index >= 15 is 0 Å². The molecular weight excluding hydrogens is 240 g/mol. The highest BCUT2D eigenvalue weighted by Gasteiger charge is 2.30. The van der Waals surface area contributed by atoms with E-state index in [9.17, 15) is 0 Å². The zero-order valence-electron chi connectivity index (χ0n) is 11.7. The van der Waals surface area contributed by atoms with Gasteiger partial charge in [0.1, 0.15) is 5.82 Å². The number of nitrogens with zero attached hydrogens (tertiary/aromatic N) is 2. The number of aromatic nitrogens is 2. The molecule has 1 aromatic heterocycles. The van der Waals surface area contributed by atoms with E-state index < -0.39 is 0 Å². The van der Waals surface area contributed by atoms with E-state index in [2.05, 4.69) is 42.2 Å². The molecule has 1 aromatic rings. The molecule has 0 amide bonds. The molecule has 1 heterocycles. The van der Waals surface area contributed by atoms with E-state index in [-0.39, 0.29) is 0 Å². The Balaban J connectivity index is 2.15.